The Morgan fingerprint density at radius 1 is 1.03 bits per heavy atom. The lowest BCUT2D eigenvalue weighted by Gasteiger charge is -2.28. The number of amides is 1. The van der Waals surface area contributed by atoms with Gasteiger partial charge in [0.15, 0.2) is 0 Å². The smallest absolute Gasteiger partial charge is 0.268 e. The van der Waals surface area contributed by atoms with Gasteiger partial charge in [-0.05, 0) is 41.1 Å². The second-order valence-electron chi connectivity index (χ2n) is 7.93. The molecule has 0 saturated carbocycles. The van der Waals surface area contributed by atoms with Crippen molar-refractivity contribution >= 4 is 38.8 Å². The molecule has 0 atom stereocenters. The van der Waals surface area contributed by atoms with Crippen LogP contribution in [0.15, 0.2) is 58.9 Å². The highest BCUT2D eigenvalue weighted by molar-refractivity contribution is 7.89. The molecule has 0 aliphatic carbocycles. The van der Waals surface area contributed by atoms with E-state index in [4.69, 9.17) is 4.74 Å². The van der Waals surface area contributed by atoms with Crippen LogP contribution in [-0.2, 0) is 27.7 Å². The van der Waals surface area contributed by atoms with Crippen molar-refractivity contribution in [3.8, 4) is 0 Å². The molecule has 2 aliphatic rings. The number of pyridine rings is 1. The molecule has 172 valence electrons. The van der Waals surface area contributed by atoms with Gasteiger partial charge in [-0.3, -0.25) is 4.79 Å². The molecule has 5 rings (SSSR count). The van der Waals surface area contributed by atoms with Gasteiger partial charge >= 0.3 is 0 Å². The zero-order valence-corrected chi connectivity index (χ0v) is 19.6. The van der Waals surface area contributed by atoms with Crippen LogP contribution in [-0.4, -0.2) is 56.5 Å². The summed E-state index contributed by atoms with van der Waals surface area (Å²) >= 11 is 1.11. The Kier molecular flexibility index (Phi) is 6.15. The zero-order chi connectivity index (χ0) is 22.8. The van der Waals surface area contributed by atoms with Crippen LogP contribution in [0.2, 0.25) is 0 Å². The molecule has 4 heterocycles. The van der Waals surface area contributed by atoms with Gasteiger partial charge in [0.2, 0.25) is 10.0 Å². The van der Waals surface area contributed by atoms with Crippen LogP contribution in [0.5, 0.6) is 0 Å². The molecule has 0 bridgehead atoms. The molecule has 3 aromatic rings. The summed E-state index contributed by atoms with van der Waals surface area (Å²) in [5.74, 6) is -0.103. The largest absolute Gasteiger partial charge is 0.378 e. The summed E-state index contributed by atoms with van der Waals surface area (Å²) in [5.41, 5.74) is 3.12. The number of anilines is 2. The Hall–Kier alpha value is -2.79. The Labute approximate surface area is 196 Å². The van der Waals surface area contributed by atoms with Gasteiger partial charge in [0.05, 0.1) is 25.1 Å². The van der Waals surface area contributed by atoms with Crippen LogP contribution >= 0.6 is 11.3 Å². The van der Waals surface area contributed by atoms with Gasteiger partial charge in [-0.1, -0.05) is 24.3 Å². The molecule has 33 heavy (non-hydrogen) atoms. The first-order chi connectivity index (χ1) is 16.0. The summed E-state index contributed by atoms with van der Waals surface area (Å²) in [6.45, 7) is 3.64. The molecule has 0 spiro atoms. The number of benzene rings is 1. The predicted molar refractivity (Wildman–Crippen MR) is 127 cm³/mol. The highest BCUT2D eigenvalue weighted by Crippen LogP contribution is 2.30. The monoisotopic (exact) mass is 484 g/mol. The van der Waals surface area contributed by atoms with Crippen molar-refractivity contribution in [1.82, 2.24) is 9.29 Å². The number of carbonyl (C=O) groups is 1. The van der Waals surface area contributed by atoms with Crippen molar-refractivity contribution < 1.29 is 17.9 Å². The zero-order valence-electron chi connectivity index (χ0n) is 17.9. The van der Waals surface area contributed by atoms with Crippen molar-refractivity contribution in [1.29, 1.82) is 0 Å². The summed E-state index contributed by atoms with van der Waals surface area (Å²) < 4.78 is 33.6. The maximum Gasteiger partial charge on any atom is 0.268 e. The third-order valence-corrected chi connectivity index (χ3v) is 8.84. The fourth-order valence-electron chi connectivity index (χ4n) is 4.12. The second kappa shape index (κ2) is 9.22. The van der Waals surface area contributed by atoms with E-state index in [1.54, 1.807) is 17.6 Å². The topological polar surface area (TPSA) is 91.8 Å². The van der Waals surface area contributed by atoms with Gasteiger partial charge in [0.1, 0.15) is 15.6 Å². The SMILES string of the molecule is O=C(Nc1ccc(N2CCOCC2)cn1)c1sccc1S(=O)(=O)N1CCc2ccccc2C1. The average molecular weight is 485 g/mol. The van der Waals surface area contributed by atoms with Crippen LogP contribution in [0.3, 0.4) is 0 Å². The standard InChI is InChI=1S/C23H24N4O4S2/c28-23(25-21-6-5-19(15-24-21)26-10-12-31-13-11-26)22-20(8-14-32-22)33(29,30)27-9-7-17-3-1-2-4-18(17)16-27/h1-6,8,14-15H,7,9-13,16H2,(H,24,25,28). The van der Waals surface area contributed by atoms with Gasteiger partial charge in [-0.25, -0.2) is 13.4 Å². The van der Waals surface area contributed by atoms with Crippen LogP contribution in [0.25, 0.3) is 0 Å². The molecule has 1 saturated heterocycles. The number of sulfonamides is 1. The highest BCUT2D eigenvalue weighted by atomic mass is 32.2. The number of morpholine rings is 1. The van der Waals surface area contributed by atoms with E-state index in [0.717, 1.165) is 35.7 Å². The summed E-state index contributed by atoms with van der Waals surface area (Å²) in [6.07, 6.45) is 2.36. The van der Waals surface area contributed by atoms with Crippen molar-refractivity contribution in [3.63, 3.8) is 0 Å². The number of hydrogen-bond acceptors (Lipinski definition) is 7. The van der Waals surface area contributed by atoms with Crippen LogP contribution in [0, 0.1) is 0 Å². The summed E-state index contributed by atoms with van der Waals surface area (Å²) in [7, 11) is -3.81. The van der Waals surface area contributed by atoms with E-state index in [-0.39, 0.29) is 9.77 Å². The highest BCUT2D eigenvalue weighted by Gasteiger charge is 2.32. The van der Waals surface area contributed by atoms with Crippen molar-refractivity contribution in [2.24, 2.45) is 0 Å². The number of carbonyl (C=O) groups excluding carboxylic acids is 1. The first kappa shape index (κ1) is 22.0. The van der Waals surface area contributed by atoms with Crippen LogP contribution < -0.4 is 10.2 Å². The lowest BCUT2D eigenvalue weighted by molar-refractivity contribution is 0.102. The summed E-state index contributed by atoms with van der Waals surface area (Å²) in [6, 6.07) is 13.0. The lowest BCUT2D eigenvalue weighted by Crippen LogP contribution is -2.36. The predicted octanol–water partition coefficient (Wildman–Crippen LogP) is 2.98. The van der Waals surface area contributed by atoms with Gasteiger partial charge in [-0.15, -0.1) is 11.3 Å². The minimum atomic E-state index is -3.81. The van der Waals surface area contributed by atoms with Crippen LogP contribution in [0.1, 0.15) is 20.8 Å². The first-order valence-electron chi connectivity index (χ1n) is 10.8. The number of fused-ring (bicyclic) bond motifs is 1. The van der Waals surface area contributed by atoms with Crippen molar-refractivity contribution in [2.75, 3.05) is 43.1 Å². The van der Waals surface area contributed by atoms with E-state index in [0.29, 0.717) is 38.5 Å². The molecule has 8 nitrogen and oxygen atoms in total. The first-order valence-corrected chi connectivity index (χ1v) is 13.1. The normalized spacial score (nSPS) is 16.9. The number of rotatable bonds is 5. The Morgan fingerprint density at radius 2 is 1.82 bits per heavy atom. The van der Waals surface area contributed by atoms with E-state index in [2.05, 4.69) is 15.2 Å². The van der Waals surface area contributed by atoms with E-state index in [9.17, 15) is 13.2 Å². The van der Waals surface area contributed by atoms with Gasteiger partial charge in [0, 0.05) is 26.2 Å². The molecule has 1 aromatic carbocycles. The van der Waals surface area contributed by atoms with Crippen molar-refractivity contribution in [3.05, 3.63) is 70.0 Å². The molecular weight excluding hydrogens is 460 g/mol. The number of nitrogens with zero attached hydrogens (tertiary/aromatic N) is 3. The van der Waals surface area contributed by atoms with Gasteiger partial charge < -0.3 is 15.0 Å². The Morgan fingerprint density at radius 3 is 2.58 bits per heavy atom. The minimum absolute atomic E-state index is 0.0364. The molecule has 0 radical (unpaired) electrons. The molecule has 0 unspecified atom stereocenters. The maximum absolute atomic E-state index is 13.4. The number of aromatic nitrogens is 1. The second-order valence-corrected chi connectivity index (χ2v) is 10.7. The lowest BCUT2D eigenvalue weighted by atomic mass is 10.0. The average Bonchev–Trinajstić information content (AvgIpc) is 3.36. The summed E-state index contributed by atoms with van der Waals surface area (Å²) in [5, 5.41) is 4.37. The molecular formula is C23H24N4O4S2. The van der Waals surface area contributed by atoms with E-state index in [1.807, 2.05) is 30.3 Å². The number of nitrogens with one attached hydrogen (secondary N) is 1. The van der Waals surface area contributed by atoms with E-state index >= 15 is 0 Å². The molecule has 1 amide bonds. The Bertz CT molecular complexity index is 1250. The quantitative estimate of drug-likeness (QED) is 0.599. The molecule has 2 aromatic heterocycles. The van der Waals surface area contributed by atoms with Gasteiger partial charge in [0.25, 0.3) is 5.91 Å². The van der Waals surface area contributed by atoms with Gasteiger partial charge in [-0.2, -0.15) is 4.31 Å². The molecule has 2 aliphatic heterocycles. The third kappa shape index (κ3) is 4.51. The number of ether oxygens (including phenoxy) is 1. The molecule has 1 N–H and O–H groups in total. The summed E-state index contributed by atoms with van der Waals surface area (Å²) in [4.78, 5) is 19.7. The van der Waals surface area contributed by atoms with Crippen LogP contribution in [0.4, 0.5) is 11.5 Å². The number of hydrogen-bond donors (Lipinski definition) is 1. The maximum atomic E-state index is 13.4. The third-order valence-electron chi connectivity index (χ3n) is 5.91. The van der Waals surface area contributed by atoms with E-state index in [1.165, 1.54) is 15.9 Å². The Balaban J connectivity index is 1.31. The molecule has 10 heteroatoms. The van der Waals surface area contributed by atoms with Crippen molar-refractivity contribution in [2.45, 2.75) is 17.9 Å². The fourth-order valence-corrected chi connectivity index (χ4v) is 6.84. The number of thiophene rings is 1. The molecule has 1 fully saturated rings. The van der Waals surface area contributed by atoms with E-state index < -0.39 is 15.9 Å². The minimum Gasteiger partial charge on any atom is -0.378 e. The fraction of sp³-hybridized carbons (Fsp3) is 0.304.